The van der Waals surface area contributed by atoms with Gasteiger partial charge in [0.25, 0.3) is 5.92 Å². The van der Waals surface area contributed by atoms with Gasteiger partial charge in [-0.2, -0.15) is 0 Å². The van der Waals surface area contributed by atoms with Crippen LogP contribution >= 0.6 is 0 Å². The molecule has 0 atom stereocenters. The van der Waals surface area contributed by atoms with E-state index in [1.807, 2.05) is 0 Å². The summed E-state index contributed by atoms with van der Waals surface area (Å²) in [5, 5.41) is 32.8. The second-order valence-corrected chi connectivity index (χ2v) is 7.10. The van der Waals surface area contributed by atoms with Crippen molar-refractivity contribution in [2.75, 3.05) is 11.9 Å². The Morgan fingerprint density at radius 2 is 1.81 bits per heavy atom. The fourth-order valence-corrected chi connectivity index (χ4v) is 2.63. The van der Waals surface area contributed by atoms with Crippen molar-refractivity contribution >= 4 is 16.6 Å². The highest BCUT2D eigenvalue weighted by Gasteiger charge is 2.26. The maximum Gasteiger partial charge on any atom is 0.270 e. The van der Waals surface area contributed by atoms with Crippen LogP contribution in [0.15, 0.2) is 36.7 Å². The quantitative estimate of drug-likeness (QED) is 0.631. The van der Waals surface area contributed by atoms with Crippen molar-refractivity contribution < 1.29 is 19.0 Å². The average Bonchev–Trinajstić information content (AvgIpc) is 2.58. The lowest BCUT2D eigenvalue weighted by atomic mass is 10.0. The van der Waals surface area contributed by atoms with E-state index in [4.69, 9.17) is 0 Å². The topological polar surface area (TPSA) is 91.2 Å². The lowest BCUT2D eigenvalue weighted by Crippen LogP contribution is -2.29. The lowest BCUT2D eigenvalue weighted by Gasteiger charge is -2.19. The Bertz CT molecular complexity index is 982. The van der Waals surface area contributed by atoms with Gasteiger partial charge in [-0.05, 0) is 32.0 Å². The van der Waals surface area contributed by atoms with Gasteiger partial charge in [-0.3, -0.25) is 4.98 Å². The predicted molar refractivity (Wildman–Crippen MR) is 98.8 cm³/mol. The summed E-state index contributed by atoms with van der Waals surface area (Å²) in [6.07, 6.45) is 3.16. The molecule has 2 aromatic heterocycles. The summed E-state index contributed by atoms with van der Waals surface area (Å²) in [5.74, 6) is -2.93. The molecule has 27 heavy (non-hydrogen) atoms. The van der Waals surface area contributed by atoms with Crippen molar-refractivity contribution in [3.8, 4) is 17.0 Å². The third kappa shape index (κ3) is 4.11. The van der Waals surface area contributed by atoms with Crippen molar-refractivity contribution in [2.45, 2.75) is 32.3 Å². The normalized spacial score (nSPS) is 12.4. The molecule has 0 saturated heterocycles. The first-order valence-electron chi connectivity index (χ1n) is 8.34. The van der Waals surface area contributed by atoms with Crippen molar-refractivity contribution in [3.63, 3.8) is 0 Å². The third-order valence-electron chi connectivity index (χ3n) is 4.03. The van der Waals surface area contributed by atoms with Crippen molar-refractivity contribution in [1.29, 1.82) is 0 Å². The number of phenolic OH excluding ortho intramolecular Hbond substituents is 1. The zero-order valence-corrected chi connectivity index (χ0v) is 15.2. The fourth-order valence-electron chi connectivity index (χ4n) is 2.63. The molecule has 0 aliphatic heterocycles. The molecule has 0 unspecified atom stereocenters. The van der Waals surface area contributed by atoms with Crippen molar-refractivity contribution in [1.82, 2.24) is 15.2 Å². The van der Waals surface area contributed by atoms with Gasteiger partial charge in [-0.15, -0.1) is 10.2 Å². The summed E-state index contributed by atoms with van der Waals surface area (Å²) >= 11 is 0. The summed E-state index contributed by atoms with van der Waals surface area (Å²) in [6, 6.07) is 5.39. The number of halogens is 2. The molecule has 0 fully saturated rings. The Morgan fingerprint density at radius 1 is 1.07 bits per heavy atom. The van der Waals surface area contributed by atoms with Crippen LogP contribution in [0, 0.1) is 0 Å². The number of pyridine rings is 1. The minimum absolute atomic E-state index is 0.247. The van der Waals surface area contributed by atoms with E-state index in [1.165, 1.54) is 12.1 Å². The number of alkyl halides is 2. The van der Waals surface area contributed by atoms with E-state index in [0.29, 0.717) is 27.8 Å². The molecule has 2 heterocycles. The van der Waals surface area contributed by atoms with Crippen molar-refractivity contribution in [3.05, 3.63) is 42.2 Å². The summed E-state index contributed by atoms with van der Waals surface area (Å²) in [5.41, 5.74) is -0.592. The Morgan fingerprint density at radius 3 is 2.44 bits per heavy atom. The number of fused-ring (bicyclic) bond motifs is 1. The van der Waals surface area contributed by atoms with Gasteiger partial charge in [-0.25, -0.2) is 8.78 Å². The molecule has 0 saturated carbocycles. The minimum atomic E-state index is -3.06. The number of phenols is 1. The molecule has 0 bridgehead atoms. The van der Waals surface area contributed by atoms with Gasteiger partial charge in [0, 0.05) is 47.8 Å². The molecular formula is C19H20F2N4O2. The molecular weight excluding hydrogens is 354 g/mol. The number of nitrogens with one attached hydrogen (secondary N) is 1. The predicted octanol–water partition coefficient (Wildman–Crippen LogP) is 3.69. The van der Waals surface area contributed by atoms with Crippen molar-refractivity contribution in [2.24, 2.45) is 0 Å². The second kappa shape index (κ2) is 6.70. The third-order valence-corrected chi connectivity index (χ3v) is 4.03. The van der Waals surface area contributed by atoms with Gasteiger partial charge in [0.15, 0.2) is 5.82 Å². The van der Waals surface area contributed by atoms with Crippen LogP contribution in [0.1, 0.15) is 26.3 Å². The Hall–Kier alpha value is -2.87. The molecule has 3 aromatic rings. The van der Waals surface area contributed by atoms with Gasteiger partial charge in [0.2, 0.25) is 0 Å². The summed E-state index contributed by atoms with van der Waals surface area (Å²) in [6.45, 7) is 4.33. The number of aliphatic hydroxyl groups is 1. The largest absolute Gasteiger partial charge is 0.507 e. The number of aromatic nitrogens is 3. The highest BCUT2D eigenvalue weighted by Crippen LogP contribution is 2.37. The van der Waals surface area contributed by atoms with Gasteiger partial charge < -0.3 is 15.5 Å². The number of hydrogen-bond donors (Lipinski definition) is 3. The smallest absolute Gasteiger partial charge is 0.270 e. The van der Waals surface area contributed by atoms with E-state index in [9.17, 15) is 19.0 Å². The molecule has 0 aliphatic rings. The number of rotatable bonds is 5. The van der Waals surface area contributed by atoms with E-state index in [-0.39, 0.29) is 17.9 Å². The monoisotopic (exact) mass is 374 g/mol. The standard InChI is InChI=1S/C19H20F2N4O2/c1-18(2,27)10-23-17-14-9-22-7-6-12(14)16(24-25-17)13-5-4-11(8-15(13)26)19(3,20)21/h4-9,26-27H,10H2,1-3H3,(H,23,25). The average molecular weight is 374 g/mol. The number of aromatic hydroxyl groups is 1. The van der Waals surface area contributed by atoms with Crippen LogP contribution < -0.4 is 5.32 Å². The van der Waals surface area contributed by atoms with E-state index in [0.717, 1.165) is 13.0 Å². The highest BCUT2D eigenvalue weighted by atomic mass is 19.3. The maximum absolute atomic E-state index is 13.5. The molecule has 142 valence electrons. The minimum Gasteiger partial charge on any atom is -0.507 e. The van der Waals surface area contributed by atoms with E-state index >= 15 is 0 Å². The SMILES string of the molecule is CC(C)(O)CNc1nnc(-c2ccc(C(C)(F)F)cc2O)c2ccncc12. The molecule has 1 aromatic carbocycles. The number of hydrogen-bond acceptors (Lipinski definition) is 6. The number of benzene rings is 1. The summed E-state index contributed by atoms with van der Waals surface area (Å²) < 4.78 is 27.0. The Kier molecular flexibility index (Phi) is 4.69. The molecule has 0 aliphatic carbocycles. The highest BCUT2D eigenvalue weighted by molar-refractivity contribution is 6.00. The summed E-state index contributed by atoms with van der Waals surface area (Å²) in [4.78, 5) is 4.09. The van der Waals surface area contributed by atoms with Gasteiger partial charge in [0.05, 0.1) is 5.60 Å². The maximum atomic E-state index is 13.5. The Balaban J connectivity index is 2.09. The second-order valence-electron chi connectivity index (χ2n) is 7.10. The van der Waals surface area contributed by atoms with E-state index < -0.39 is 11.5 Å². The van der Waals surface area contributed by atoms with Crippen LogP contribution in [0.25, 0.3) is 22.0 Å². The van der Waals surface area contributed by atoms with Crippen LogP contribution in [0.5, 0.6) is 5.75 Å². The fraction of sp³-hybridized carbons (Fsp3) is 0.316. The molecule has 0 radical (unpaired) electrons. The molecule has 3 N–H and O–H groups in total. The number of anilines is 1. The molecule has 8 heteroatoms. The van der Waals surface area contributed by atoms with Gasteiger partial charge in [-0.1, -0.05) is 6.07 Å². The van der Waals surface area contributed by atoms with Gasteiger partial charge >= 0.3 is 0 Å². The molecule has 3 rings (SSSR count). The van der Waals surface area contributed by atoms with Crippen LogP contribution in [0.4, 0.5) is 14.6 Å². The van der Waals surface area contributed by atoms with E-state index in [2.05, 4.69) is 20.5 Å². The Labute approximate surface area is 154 Å². The molecule has 6 nitrogen and oxygen atoms in total. The first kappa shape index (κ1) is 18.9. The van der Waals surface area contributed by atoms with E-state index in [1.54, 1.807) is 32.3 Å². The number of nitrogens with zero attached hydrogens (tertiary/aromatic N) is 3. The zero-order chi connectivity index (χ0) is 19.8. The lowest BCUT2D eigenvalue weighted by molar-refractivity contribution is 0.0172. The zero-order valence-electron chi connectivity index (χ0n) is 15.2. The van der Waals surface area contributed by atoms with Crippen LogP contribution in [0.2, 0.25) is 0 Å². The summed E-state index contributed by atoms with van der Waals surface area (Å²) in [7, 11) is 0. The first-order chi connectivity index (χ1) is 12.6. The van der Waals surface area contributed by atoms with Crippen LogP contribution in [-0.4, -0.2) is 37.5 Å². The first-order valence-corrected chi connectivity index (χ1v) is 8.34. The van der Waals surface area contributed by atoms with Crippen LogP contribution in [0.3, 0.4) is 0 Å². The van der Waals surface area contributed by atoms with Gasteiger partial charge in [0.1, 0.15) is 11.4 Å². The van der Waals surface area contributed by atoms with Crippen LogP contribution in [-0.2, 0) is 5.92 Å². The molecule has 0 amide bonds. The molecule has 0 spiro atoms.